The van der Waals surface area contributed by atoms with Crippen LogP contribution in [-0.2, 0) is 4.79 Å². The van der Waals surface area contributed by atoms with Gasteiger partial charge in [0.1, 0.15) is 0 Å². The molecule has 4 nitrogen and oxygen atoms in total. The molecule has 1 heterocycles. The van der Waals surface area contributed by atoms with Crippen LogP contribution in [0.5, 0.6) is 0 Å². The highest BCUT2D eigenvalue weighted by atomic mass is 16.2. The van der Waals surface area contributed by atoms with Gasteiger partial charge in [0.25, 0.3) is 5.91 Å². The highest BCUT2D eigenvalue weighted by Gasteiger charge is 2.30. The lowest BCUT2D eigenvalue weighted by Crippen LogP contribution is -2.25. The van der Waals surface area contributed by atoms with Crippen molar-refractivity contribution in [3.8, 4) is 0 Å². The molecule has 0 fully saturated rings. The van der Waals surface area contributed by atoms with E-state index in [1.165, 1.54) is 5.56 Å². The summed E-state index contributed by atoms with van der Waals surface area (Å²) in [6.07, 6.45) is 1.69. The van der Waals surface area contributed by atoms with Crippen molar-refractivity contribution < 1.29 is 4.79 Å². The normalized spacial score (nSPS) is 15.9. The van der Waals surface area contributed by atoms with Gasteiger partial charge in [0.2, 0.25) is 0 Å². The first-order valence-electron chi connectivity index (χ1n) is 7.13. The van der Waals surface area contributed by atoms with Gasteiger partial charge in [-0.25, -0.2) is 0 Å². The van der Waals surface area contributed by atoms with E-state index in [1.54, 1.807) is 18.2 Å². The molecular weight excluding hydrogens is 274 g/mol. The molecular formula is C18H17N3O. The second kappa shape index (κ2) is 5.56. The minimum atomic E-state index is -0.126. The van der Waals surface area contributed by atoms with E-state index in [-0.39, 0.29) is 5.91 Å². The van der Waals surface area contributed by atoms with Crippen molar-refractivity contribution in [2.45, 2.75) is 13.8 Å². The summed E-state index contributed by atoms with van der Waals surface area (Å²) in [6, 6.07) is 13.7. The van der Waals surface area contributed by atoms with Crippen LogP contribution < -0.4 is 4.90 Å². The van der Waals surface area contributed by atoms with E-state index in [0.29, 0.717) is 5.71 Å². The summed E-state index contributed by atoms with van der Waals surface area (Å²) in [4.78, 5) is 13.8. The second-order valence-electron chi connectivity index (χ2n) is 5.43. The molecule has 0 unspecified atom stereocenters. The molecule has 0 radical (unpaired) electrons. The largest absolute Gasteiger partial charge is 0.309 e. The van der Waals surface area contributed by atoms with E-state index in [2.05, 4.69) is 23.2 Å². The number of amides is 1. The lowest BCUT2D eigenvalue weighted by atomic mass is 10.1. The lowest BCUT2D eigenvalue weighted by Gasteiger charge is -2.07. The molecule has 0 spiro atoms. The maximum Gasteiger partial charge on any atom is 0.279 e. The number of nitrogens with zero attached hydrogens (tertiary/aromatic N) is 3. The van der Waals surface area contributed by atoms with Crippen LogP contribution in [0, 0.1) is 13.8 Å². The third-order valence-corrected chi connectivity index (χ3v) is 3.81. The number of fused-ring (bicyclic) bond motifs is 1. The fraction of sp³-hybridized carbons (Fsp3) is 0.167. The average Bonchev–Trinajstić information content (AvgIpc) is 2.75. The van der Waals surface area contributed by atoms with Crippen LogP contribution in [0.15, 0.2) is 52.7 Å². The summed E-state index contributed by atoms with van der Waals surface area (Å²) < 4.78 is 0. The smallest absolute Gasteiger partial charge is 0.279 e. The van der Waals surface area contributed by atoms with Crippen molar-refractivity contribution in [1.82, 2.24) is 0 Å². The van der Waals surface area contributed by atoms with Crippen molar-refractivity contribution in [1.29, 1.82) is 0 Å². The summed E-state index contributed by atoms with van der Waals surface area (Å²) in [5, 5.41) is 8.26. The number of anilines is 1. The van der Waals surface area contributed by atoms with Gasteiger partial charge in [-0.3, -0.25) is 4.79 Å². The predicted octanol–water partition coefficient (Wildman–Crippen LogP) is 3.10. The molecule has 22 heavy (non-hydrogen) atoms. The average molecular weight is 291 g/mol. The molecule has 2 aromatic carbocycles. The van der Waals surface area contributed by atoms with Gasteiger partial charge in [0.15, 0.2) is 5.71 Å². The van der Waals surface area contributed by atoms with Gasteiger partial charge in [0.05, 0.1) is 11.9 Å². The maximum absolute atomic E-state index is 12.2. The summed E-state index contributed by atoms with van der Waals surface area (Å²) in [5.74, 6) is -0.126. The van der Waals surface area contributed by atoms with E-state index < -0.39 is 0 Å². The molecule has 1 amide bonds. The van der Waals surface area contributed by atoms with Crippen molar-refractivity contribution in [2.24, 2.45) is 10.2 Å². The third kappa shape index (κ3) is 2.44. The number of hydrogen-bond donors (Lipinski definition) is 0. The molecule has 0 aromatic heterocycles. The SMILES string of the molecule is Cc1ccc(/C=N\N=C2\C(=O)N(C)c3ccccc32)c(C)c1. The van der Waals surface area contributed by atoms with Crippen LogP contribution in [-0.4, -0.2) is 24.9 Å². The van der Waals surface area contributed by atoms with Crippen molar-refractivity contribution in [3.05, 3.63) is 64.7 Å². The van der Waals surface area contributed by atoms with Crippen molar-refractivity contribution in [2.75, 3.05) is 11.9 Å². The lowest BCUT2D eigenvalue weighted by molar-refractivity contribution is -0.111. The molecule has 0 saturated heterocycles. The molecule has 110 valence electrons. The number of aryl methyl sites for hydroxylation is 2. The number of likely N-dealkylation sites (N-methyl/N-ethyl adjacent to an activating group) is 1. The quantitative estimate of drug-likeness (QED) is 0.619. The van der Waals surface area contributed by atoms with Crippen molar-refractivity contribution in [3.63, 3.8) is 0 Å². The maximum atomic E-state index is 12.2. The van der Waals surface area contributed by atoms with Gasteiger partial charge in [0, 0.05) is 12.6 Å². The van der Waals surface area contributed by atoms with E-state index in [4.69, 9.17) is 0 Å². The van der Waals surface area contributed by atoms with Gasteiger partial charge < -0.3 is 4.90 Å². The Morgan fingerprint density at radius 2 is 1.86 bits per heavy atom. The van der Waals surface area contributed by atoms with E-state index >= 15 is 0 Å². The molecule has 0 N–H and O–H groups in total. The van der Waals surface area contributed by atoms with Crippen LogP contribution in [0.2, 0.25) is 0 Å². The first-order valence-corrected chi connectivity index (χ1v) is 7.13. The number of hydrogen-bond acceptors (Lipinski definition) is 3. The zero-order valence-electron chi connectivity index (χ0n) is 12.9. The van der Waals surface area contributed by atoms with Crippen LogP contribution in [0.4, 0.5) is 5.69 Å². The van der Waals surface area contributed by atoms with Gasteiger partial charge in [-0.1, -0.05) is 42.0 Å². The molecule has 3 rings (SSSR count). The van der Waals surface area contributed by atoms with E-state index in [0.717, 1.165) is 22.4 Å². The van der Waals surface area contributed by atoms with Gasteiger partial charge in [-0.05, 0) is 31.0 Å². The Hall–Kier alpha value is -2.75. The molecule has 1 aliphatic rings. The molecule has 0 atom stereocenters. The third-order valence-electron chi connectivity index (χ3n) is 3.81. The summed E-state index contributed by atoms with van der Waals surface area (Å²) in [5.41, 5.74) is 5.43. The fourth-order valence-electron chi connectivity index (χ4n) is 2.57. The minimum absolute atomic E-state index is 0.126. The zero-order valence-corrected chi connectivity index (χ0v) is 12.9. The fourth-order valence-corrected chi connectivity index (χ4v) is 2.57. The van der Waals surface area contributed by atoms with Crippen LogP contribution >= 0.6 is 0 Å². The summed E-state index contributed by atoms with van der Waals surface area (Å²) >= 11 is 0. The van der Waals surface area contributed by atoms with Gasteiger partial charge >= 0.3 is 0 Å². The van der Waals surface area contributed by atoms with Crippen LogP contribution in [0.1, 0.15) is 22.3 Å². The monoisotopic (exact) mass is 291 g/mol. The Bertz CT molecular complexity index is 806. The predicted molar refractivity (Wildman–Crippen MR) is 89.9 cm³/mol. The van der Waals surface area contributed by atoms with E-state index in [9.17, 15) is 4.79 Å². The first kappa shape index (κ1) is 14.2. The Morgan fingerprint density at radius 3 is 2.64 bits per heavy atom. The topological polar surface area (TPSA) is 45.0 Å². The standard InChI is InChI=1S/C18H17N3O/c1-12-8-9-14(13(2)10-12)11-19-20-17-15-6-4-5-7-16(15)21(3)18(17)22/h4-11H,1-3H3/b19-11-,20-17+. The van der Waals surface area contributed by atoms with E-state index in [1.807, 2.05) is 43.3 Å². The summed E-state index contributed by atoms with van der Waals surface area (Å²) in [7, 11) is 1.75. The Kier molecular flexibility index (Phi) is 3.59. The number of carbonyl (C=O) groups is 1. The highest BCUT2D eigenvalue weighted by Crippen LogP contribution is 2.27. The zero-order chi connectivity index (χ0) is 15.7. The van der Waals surface area contributed by atoms with Crippen molar-refractivity contribution >= 4 is 23.5 Å². The van der Waals surface area contributed by atoms with Crippen LogP contribution in [0.3, 0.4) is 0 Å². The Morgan fingerprint density at radius 1 is 1.09 bits per heavy atom. The molecule has 2 aromatic rings. The summed E-state index contributed by atoms with van der Waals surface area (Å²) in [6.45, 7) is 4.09. The first-order chi connectivity index (χ1) is 10.6. The molecule has 4 heteroatoms. The number of para-hydroxylation sites is 1. The number of rotatable bonds is 2. The van der Waals surface area contributed by atoms with Gasteiger partial charge in [-0.2, -0.15) is 5.10 Å². The highest BCUT2D eigenvalue weighted by molar-refractivity contribution is 6.54. The molecule has 0 saturated carbocycles. The Balaban J connectivity index is 1.93. The molecule has 0 aliphatic carbocycles. The second-order valence-corrected chi connectivity index (χ2v) is 5.43. The Labute approximate surface area is 129 Å². The number of carbonyl (C=O) groups excluding carboxylic acids is 1. The molecule has 1 aliphatic heterocycles. The molecule has 0 bridgehead atoms. The van der Waals surface area contributed by atoms with Gasteiger partial charge in [-0.15, -0.1) is 5.10 Å². The minimum Gasteiger partial charge on any atom is -0.309 e. The van der Waals surface area contributed by atoms with Crippen LogP contribution in [0.25, 0.3) is 0 Å². The number of benzene rings is 2.